The molecule has 0 unspecified atom stereocenters. The van der Waals surface area contributed by atoms with Gasteiger partial charge in [-0.05, 0) is 12.8 Å². The molecule has 1 fully saturated rings. The van der Waals surface area contributed by atoms with Crippen molar-refractivity contribution in [3.8, 4) is 0 Å². The first-order chi connectivity index (χ1) is 8.25. The van der Waals surface area contributed by atoms with Crippen molar-refractivity contribution in [3.63, 3.8) is 0 Å². The highest BCUT2D eigenvalue weighted by Gasteiger charge is 2.45. The number of thioether (sulfide) groups is 1. The quantitative estimate of drug-likeness (QED) is 0.729. The van der Waals surface area contributed by atoms with Crippen LogP contribution in [0, 0.1) is 5.41 Å². The normalized spacial score (nSPS) is 17.9. The molecule has 1 aliphatic carbocycles. The predicted octanol–water partition coefficient (Wildman–Crippen LogP) is 2.28. The molecule has 0 bridgehead atoms. The summed E-state index contributed by atoms with van der Waals surface area (Å²) in [6, 6.07) is 0. The Bertz CT molecular complexity index is 319. The number of aliphatic carboxylic acids is 1. The number of nitrogens with one attached hydrogen (secondary N) is 1. The highest BCUT2D eigenvalue weighted by atomic mass is 32.2. The lowest BCUT2D eigenvalue weighted by molar-refractivity contribution is -0.157. The first kappa shape index (κ1) is 15.3. The van der Waals surface area contributed by atoms with Crippen LogP contribution in [0.2, 0.25) is 0 Å². The molecule has 1 saturated carbocycles. The fourth-order valence-electron chi connectivity index (χ4n) is 1.99. The summed E-state index contributed by atoms with van der Waals surface area (Å²) in [7, 11) is 0. The van der Waals surface area contributed by atoms with E-state index in [2.05, 4.69) is 26.1 Å². The van der Waals surface area contributed by atoms with Crippen molar-refractivity contribution >= 4 is 23.6 Å². The number of hydrogen-bond donors (Lipinski definition) is 2. The van der Waals surface area contributed by atoms with Crippen molar-refractivity contribution < 1.29 is 14.7 Å². The van der Waals surface area contributed by atoms with E-state index in [1.54, 1.807) is 11.8 Å². The van der Waals surface area contributed by atoms with Crippen LogP contribution in [0.3, 0.4) is 0 Å². The van der Waals surface area contributed by atoms with Crippen LogP contribution in [-0.4, -0.2) is 34.0 Å². The zero-order valence-corrected chi connectivity index (χ0v) is 12.2. The van der Waals surface area contributed by atoms with E-state index in [4.69, 9.17) is 5.11 Å². The van der Waals surface area contributed by atoms with Crippen LogP contribution in [0.25, 0.3) is 0 Å². The van der Waals surface area contributed by atoms with E-state index in [0.717, 1.165) is 12.2 Å². The highest BCUT2D eigenvalue weighted by molar-refractivity contribution is 8.00. The van der Waals surface area contributed by atoms with Gasteiger partial charge in [-0.2, -0.15) is 11.8 Å². The molecule has 0 aliphatic heterocycles. The summed E-state index contributed by atoms with van der Waals surface area (Å²) < 4.78 is 0.195. The minimum atomic E-state index is -0.826. The third-order valence-corrected chi connectivity index (χ3v) is 4.50. The van der Waals surface area contributed by atoms with E-state index in [1.165, 1.54) is 0 Å². The standard InChI is InChI=1S/C13H23NO3S/c1-12(2,3)18-8-7-14-10(15)9-13(11(16)17)5-4-6-13/h4-9H2,1-3H3,(H,14,15)(H,16,17). The lowest BCUT2D eigenvalue weighted by atomic mass is 9.66. The van der Waals surface area contributed by atoms with Gasteiger partial charge in [-0.25, -0.2) is 0 Å². The van der Waals surface area contributed by atoms with Crippen LogP contribution < -0.4 is 5.32 Å². The summed E-state index contributed by atoms with van der Waals surface area (Å²) in [4.78, 5) is 22.8. The molecule has 0 aromatic rings. The average molecular weight is 273 g/mol. The largest absolute Gasteiger partial charge is 0.481 e. The van der Waals surface area contributed by atoms with E-state index in [1.807, 2.05) is 0 Å². The molecule has 0 radical (unpaired) electrons. The van der Waals surface area contributed by atoms with Crippen molar-refractivity contribution in [2.24, 2.45) is 5.41 Å². The summed E-state index contributed by atoms with van der Waals surface area (Å²) in [5, 5.41) is 11.9. The zero-order valence-electron chi connectivity index (χ0n) is 11.4. The number of rotatable bonds is 6. The SMILES string of the molecule is CC(C)(C)SCCNC(=O)CC1(C(=O)O)CCC1. The van der Waals surface area contributed by atoms with Gasteiger partial charge in [0.25, 0.3) is 0 Å². The molecule has 0 aromatic heterocycles. The zero-order chi connectivity index (χ0) is 13.8. The molecular weight excluding hydrogens is 250 g/mol. The number of carbonyl (C=O) groups excluding carboxylic acids is 1. The van der Waals surface area contributed by atoms with E-state index >= 15 is 0 Å². The molecule has 0 atom stereocenters. The van der Waals surface area contributed by atoms with Gasteiger partial charge < -0.3 is 10.4 Å². The Balaban J connectivity index is 2.24. The Morgan fingerprint density at radius 3 is 2.33 bits per heavy atom. The minimum Gasteiger partial charge on any atom is -0.481 e. The second kappa shape index (κ2) is 5.95. The molecule has 18 heavy (non-hydrogen) atoms. The maximum absolute atomic E-state index is 11.7. The number of amides is 1. The summed E-state index contributed by atoms with van der Waals surface area (Å²) in [5.74, 6) is -0.102. The number of carboxylic acid groups (broad SMARTS) is 1. The van der Waals surface area contributed by atoms with Crippen molar-refractivity contribution in [2.75, 3.05) is 12.3 Å². The average Bonchev–Trinajstić information content (AvgIpc) is 2.16. The molecule has 1 amide bonds. The summed E-state index contributed by atoms with van der Waals surface area (Å²) in [6.07, 6.45) is 2.31. The van der Waals surface area contributed by atoms with E-state index in [9.17, 15) is 9.59 Å². The summed E-state index contributed by atoms with van der Waals surface area (Å²) in [5.41, 5.74) is -0.777. The Morgan fingerprint density at radius 2 is 1.94 bits per heavy atom. The molecule has 104 valence electrons. The summed E-state index contributed by atoms with van der Waals surface area (Å²) >= 11 is 1.79. The maximum Gasteiger partial charge on any atom is 0.310 e. The Morgan fingerprint density at radius 1 is 1.33 bits per heavy atom. The number of carboxylic acids is 1. The van der Waals surface area contributed by atoms with Crippen LogP contribution in [-0.2, 0) is 9.59 Å². The lowest BCUT2D eigenvalue weighted by Crippen LogP contribution is -2.42. The van der Waals surface area contributed by atoms with Crippen LogP contribution >= 0.6 is 11.8 Å². The van der Waals surface area contributed by atoms with Gasteiger partial charge in [0.15, 0.2) is 0 Å². The molecule has 5 heteroatoms. The van der Waals surface area contributed by atoms with Crippen molar-refractivity contribution in [3.05, 3.63) is 0 Å². The van der Waals surface area contributed by atoms with Gasteiger partial charge in [0.1, 0.15) is 0 Å². The van der Waals surface area contributed by atoms with Gasteiger partial charge >= 0.3 is 5.97 Å². The van der Waals surface area contributed by atoms with Crippen molar-refractivity contribution in [1.29, 1.82) is 0 Å². The Kier molecular flexibility index (Phi) is 5.08. The third kappa shape index (κ3) is 4.52. The molecule has 0 saturated heterocycles. The van der Waals surface area contributed by atoms with Crippen LogP contribution in [0.5, 0.6) is 0 Å². The van der Waals surface area contributed by atoms with Gasteiger partial charge in [0.2, 0.25) is 5.91 Å². The van der Waals surface area contributed by atoms with Crippen molar-refractivity contribution in [1.82, 2.24) is 5.32 Å². The first-order valence-corrected chi connectivity index (χ1v) is 7.38. The topological polar surface area (TPSA) is 66.4 Å². The fourth-order valence-corrected chi connectivity index (χ4v) is 2.80. The third-order valence-electron chi connectivity index (χ3n) is 3.22. The summed E-state index contributed by atoms with van der Waals surface area (Å²) in [6.45, 7) is 7.00. The molecule has 1 aliphatic rings. The van der Waals surface area contributed by atoms with Gasteiger partial charge in [-0.1, -0.05) is 27.2 Å². The van der Waals surface area contributed by atoms with E-state index in [-0.39, 0.29) is 17.1 Å². The molecule has 0 spiro atoms. The molecule has 0 aromatic carbocycles. The molecule has 0 heterocycles. The Hall–Kier alpha value is -0.710. The molecule has 1 rings (SSSR count). The highest BCUT2D eigenvalue weighted by Crippen LogP contribution is 2.44. The molecular formula is C13H23NO3S. The number of carbonyl (C=O) groups is 2. The second-order valence-electron chi connectivity index (χ2n) is 5.93. The molecule has 2 N–H and O–H groups in total. The second-order valence-corrected chi connectivity index (χ2v) is 7.85. The Labute approximate surface area is 113 Å². The van der Waals surface area contributed by atoms with Crippen molar-refractivity contribution in [2.45, 2.75) is 51.2 Å². The van der Waals surface area contributed by atoms with E-state index < -0.39 is 11.4 Å². The van der Waals surface area contributed by atoms with Gasteiger partial charge in [0.05, 0.1) is 5.41 Å². The predicted molar refractivity (Wildman–Crippen MR) is 73.8 cm³/mol. The minimum absolute atomic E-state index is 0.127. The van der Waals surface area contributed by atoms with Gasteiger partial charge in [-0.15, -0.1) is 0 Å². The fraction of sp³-hybridized carbons (Fsp3) is 0.846. The van der Waals surface area contributed by atoms with Crippen LogP contribution in [0.1, 0.15) is 46.5 Å². The maximum atomic E-state index is 11.7. The van der Waals surface area contributed by atoms with Crippen LogP contribution in [0.4, 0.5) is 0 Å². The first-order valence-electron chi connectivity index (χ1n) is 6.39. The smallest absolute Gasteiger partial charge is 0.310 e. The number of hydrogen-bond acceptors (Lipinski definition) is 3. The van der Waals surface area contributed by atoms with Gasteiger partial charge in [0, 0.05) is 23.5 Å². The molecule has 4 nitrogen and oxygen atoms in total. The lowest BCUT2D eigenvalue weighted by Gasteiger charge is -2.36. The van der Waals surface area contributed by atoms with Gasteiger partial charge in [-0.3, -0.25) is 9.59 Å². The monoisotopic (exact) mass is 273 g/mol. The van der Waals surface area contributed by atoms with Crippen LogP contribution in [0.15, 0.2) is 0 Å². The van der Waals surface area contributed by atoms with E-state index in [0.29, 0.717) is 19.4 Å².